The number of rotatable bonds is 8. The fraction of sp³-hybridized carbons (Fsp3) is 0.450. The smallest absolute Gasteiger partial charge is 0.302 e. The van der Waals surface area contributed by atoms with E-state index in [9.17, 15) is 17.6 Å². The van der Waals surface area contributed by atoms with Crippen molar-refractivity contribution in [3.8, 4) is 11.3 Å². The first-order chi connectivity index (χ1) is 13.8. The Morgan fingerprint density at radius 3 is 2.59 bits per heavy atom. The summed E-state index contributed by atoms with van der Waals surface area (Å²) in [5, 5.41) is 4.71. The zero-order valence-corrected chi connectivity index (χ0v) is 16.4. The van der Waals surface area contributed by atoms with Crippen LogP contribution in [0, 0.1) is 5.82 Å². The maximum absolute atomic E-state index is 13.5. The number of likely N-dealkylation sites (N-methyl/N-ethyl adjacent to an activating group) is 1. The molecule has 0 saturated heterocycles. The minimum atomic E-state index is -4.70. The molecular weight excluding hydrogens is 386 g/mol. The monoisotopic (exact) mass is 409 g/mol. The molecule has 0 N–H and O–H groups in total. The normalized spacial score (nSPS) is 12.2. The lowest BCUT2D eigenvalue weighted by Crippen LogP contribution is -2.28. The Morgan fingerprint density at radius 1 is 1.10 bits per heavy atom. The summed E-state index contributed by atoms with van der Waals surface area (Å²) >= 11 is 0. The van der Waals surface area contributed by atoms with Crippen molar-refractivity contribution < 1.29 is 17.6 Å². The number of fused-ring (bicyclic) bond motifs is 1. The molecule has 0 atom stereocenters. The number of hydrogen-bond donors (Lipinski definition) is 0. The second kappa shape index (κ2) is 8.86. The third kappa shape index (κ3) is 4.72. The highest BCUT2D eigenvalue weighted by Crippen LogP contribution is 2.38. The van der Waals surface area contributed by atoms with Crippen LogP contribution in [0.3, 0.4) is 0 Å². The highest BCUT2D eigenvalue weighted by atomic mass is 19.4. The molecule has 3 rings (SSSR count). The van der Waals surface area contributed by atoms with Crippen LogP contribution in [-0.4, -0.2) is 44.3 Å². The zero-order valence-electron chi connectivity index (χ0n) is 16.4. The van der Waals surface area contributed by atoms with E-state index in [0.717, 1.165) is 44.6 Å². The lowest BCUT2D eigenvalue weighted by Gasteiger charge is -2.19. The number of benzene rings is 1. The number of halogens is 4. The molecule has 3 aromatic rings. The van der Waals surface area contributed by atoms with E-state index in [1.165, 1.54) is 12.5 Å². The van der Waals surface area contributed by atoms with Gasteiger partial charge in [-0.2, -0.15) is 18.3 Å². The minimum Gasteiger partial charge on any atom is -0.302 e. The maximum Gasteiger partial charge on any atom is 0.417 e. The van der Waals surface area contributed by atoms with Gasteiger partial charge in [0.05, 0.1) is 29.4 Å². The van der Waals surface area contributed by atoms with Crippen LogP contribution in [0.4, 0.5) is 17.6 Å². The summed E-state index contributed by atoms with van der Waals surface area (Å²) < 4.78 is 55.4. The van der Waals surface area contributed by atoms with Crippen molar-refractivity contribution in [2.24, 2.45) is 0 Å². The van der Waals surface area contributed by atoms with Crippen molar-refractivity contribution in [1.82, 2.24) is 24.6 Å². The van der Waals surface area contributed by atoms with Gasteiger partial charge in [-0.15, -0.1) is 0 Å². The quantitative estimate of drug-likeness (QED) is 0.503. The van der Waals surface area contributed by atoms with E-state index >= 15 is 0 Å². The summed E-state index contributed by atoms with van der Waals surface area (Å²) in [5.41, 5.74) is -0.711. The van der Waals surface area contributed by atoms with Crippen LogP contribution < -0.4 is 0 Å². The summed E-state index contributed by atoms with van der Waals surface area (Å²) in [4.78, 5) is 10.6. The molecular formula is C20H23F4N5. The molecule has 0 amide bonds. The molecule has 0 aliphatic carbocycles. The Kier molecular flexibility index (Phi) is 6.46. The second-order valence-corrected chi connectivity index (χ2v) is 6.80. The minimum absolute atomic E-state index is 0.0897. The average Bonchev–Trinajstić information content (AvgIpc) is 3.11. The van der Waals surface area contributed by atoms with Gasteiger partial charge in [0.2, 0.25) is 0 Å². The van der Waals surface area contributed by atoms with Gasteiger partial charge in [-0.3, -0.25) is 0 Å². The van der Waals surface area contributed by atoms with E-state index in [1.807, 2.05) is 0 Å². The van der Waals surface area contributed by atoms with E-state index in [0.29, 0.717) is 23.6 Å². The summed E-state index contributed by atoms with van der Waals surface area (Å²) in [6.45, 7) is 7.44. The Labute approximate surface area is 166 Å². The lowest BCUT2D eigenvalue weighted by atomic mass is 10.0. The largest absolute Gasteiger partial charge is 0.417 e. The molecule has 0 saturated carbocycles. The first-order valence-corrected chi connectivity index (χ1v) is 9.61. The van der Waals surface area contributed by atoms with Gasteiger partial charge in [0.15, 0.2) is 5.65 Å². The van der Waals surface area contributed by atoms with Crippen LogP contribution in [0.25, 0.3) is 22.3 Å². The van der Waals surface area contributed by atoms with E-state index < -0.39 is 17.6 Å². The molecule has 0 fully saturated rings. The molecule has 5 nitrogen and oxygen atoms in total. The van der Waals surface area contributed by atoms with Crippen LogP contribution in [0.2, 0.25) is 0 Å². The van der Waals surface area contributed by atoms with Gasteiger partial charge in [0, 0.05) is 12.1 Å². The van der Waals surface area contributed by atoms with Crippen LogP contribution in [0.15, 0.2) is 30.7 Å². The molecule has 2 aromatic heterocycles. The third-order valence-electron chi connectivity index (χ3n) is 4.88. The number of unbranched alkanes of at least 4 members (excludes halogenated alkanes) is 1. The highest BCUT2D eigenvalue weighted by molar-refractivity contribution is 5.91. The topological polar surface area (TPSA) is 46.8 Å². The van der Waals surface area contributed by atoms with Crippen LogP contribution in [-0.2, 0) is 12.7 Å². The molecule has 0 spiro atoms. The van der Waals surface area contributed by atoms with Gasteiger partial charge < -0.3 is 4.90 Å². The highest BCUT2D eigenvalue weighted by Gasteiger charge is 2.35. The molecule has 0 radical (unpaired) electrons. The molecule has 0 aliphatic rings. The molecule has 0 unspecified atom stereocenters. The number of alkyl halides is 3. The maximum atomic E-state index is 13.5. The number of aromatic nitrogens is 4. The first-order valence-electron chi connectivity index (χ1n) is 9.61. The second-order valence-electron chi connectivity index (χ2n) is 6.80. The Hall–Kier alpha value is -2.55. The lowest BCUT2D eigenvalue weighted by molar-refractivity contribution is -0.137. The van der Waals surface area contributed by atoms with Crippen molar-refractivity contribution >= 4 is 11.0 Å². The van der Waals surface area contributed by atoms with Gasteiger partial charge in [-0.1, -0.05) is 20.3 Å². The fourth-order valence-electron chi connectivity index (χ4n) is 3.27. The van der Waals surface area contributed by atoms with Gasteiger partial charge in [-0.05, 0) is 37.7 Å². The van der Waals surface area contributed by atoms with Crippen LogP contribution in [0.1, 0.15) is 32.3 Å². The molecule has 156 valence electrons. The third-order valence-corrected chi connectivity index (χ3v) is 4.88. The summed E-state index contributed by atoms with van der Waals surface area (Å²) in [5.74, 6) is -0.950. The molecule has 29 heavy (non-hydrogen) atoms. The van der Waals surface area contributed by atoms with Crippen LogP contribution >= 0.6 is 0 Å². The Balaban J connectivity index is 1.95. The Morgan fingerprint density at radius 2 is 1.90 bits per heavy atom. The molecule has 0 bridgehead atoms. The number of nitrogens with zero attached hydrogens (tertiary/aromatic N) is 5. The zero-order chi connectivity index (χ0) is 21.0. The van der Waals surface area contributed by atoms with Crippen molar-refractivity contribution in [1.29, 1.82) is 0 Å². The fourth-order valence-corrected chi connectivity index (χ4v) is 3.27. The van der Waals surface area contributed by atoms with E-state index in [2.05, 4.69) is 33.8 Å². The molecule has 9 heteroatoms. The standard InChI is InChI=1S/C20H23F4N5/c1-3-5-8-28(4-2)9-10-29-19-16(12-27-29)18(25-13-26-19)15-7-6-14(21)11-17(15)20(22,23)24/h6-7,11-13H,3-5,8-10H2,1-2H3. The first kappa shape index (κ1) is 21.2. The Bertz CT molecular complexity index is 967. The van der Waals surface area contributed by atoms with Gasteiger partial charge in [0.1, 0.15) is 12.1 Å². The summed E-state index contributed by atoms with van der Waals surface area (Å²) in [6, 6.07) is 2.58. The number of hydrogen-bond acceptors (Lipinski definition) is 4. The molecule has 0 aliphatic heterocycles. The van der Waals surface area contributed by atoms with Crippen LogP contribution in [0.5, 0.6) is 0 Å². The van der Waals surface area contributed by atoms with Gasteiger partial charge in [0.25, 0.3) is 0 Å². The summed E-state index contributed by atoms with van der Waals surface area (Å²) in [7, 11) is 0. The predicted octanol–water partition coefficient (Wildman–Crippen LogP) is 4.77. The summed E-state index contributed by atoms with van der Waals surface area (Å²) in [6.07, 6.45) is 0.192. The van der Waals surface area contributed by atoms with E-state index in [4.69, 9.17) is 0 Å². The van der Waals surface area contributed by atoms with Gasteiger partial charge in [-0.25, -0.2) is 19.0 Å². The molecule has 1 aromatic carbocycles. The van der Waals surface area contributed by atoms with E-state index in [-0.39, 0.29) is 11.3 Å². The van der Waals surface area contributed by atoms with Crippen molar-refractivity contribution in [3.63, 3.8) is 0 Å². The van der Waals surface area contributed by atoms with E-state index in [1.54, 1.807) is 4.68 Å². The van der Waals surface area contributed by atoms with Crippen molar-refractivity contribution in [3.05, 3.63) is 42.1 Å². The van der Waals surface area contributed by atoms with Gasteiger partial charge >= 0.3 is 6.18 Å². The SMILES string of the molecule is CCCCN(CC)CCn1ncc2c(-c3ccc(F)cc3C(F)(F)F)ncnc21. The predicted molar refractivity (Wildman–Crippen MR) is 103 cm³/mol. The van der Waals surface area contributed by atoms with Crippen molar-refractivity contribution in [2.75, 3.05) is 19.6 Å². The molecule has 2 heterocycles. The average molecular weight is 409 g/mol. The van der Waals surface area contributed by atoms with Crippen molar-refractivity contribution in [2.45, 2.75) is 39.4 Å².